The highest BCUT2D eigenvalue weighted by Gasteiger charge is 2.17. The van der Waals surface area contributed by atoms with Crippen LogP contribution in [0.25, 0.3) is 16.9 Å². The lowest BCUT2D eigenvalue weighted by atomic mass is 9.99. The zero-order valence-corrected chi connectivity index (χ0v) is 16.1. The predicted molar refractivity (Wildman–Crippen MR) is 107 cm³/mol. The molecule has 0 bridgehead atoms. The Morgan fingerprint density at radius 1 is 1.19 bits per heavy atom. The summed E-state index contributed by atoms with van der Waals surface area (Å²) in [5.74, 6) is 2.12. The van der Waals surface area contributed by atoms with Gasteiger partial charge in [-0.05, 0) is 48.6 Å². The molecular formula is C21H26N4O2. The van der Waals surface area contributed by atoms with E-state index in [0.29, 0.717) is 12.0 Å². The molecule has 27 heavy (non-hydrogen) atoms. The van der Waals surface area contributed by atoms with Crippen molar-refractivity contribution in [3.8, 4) is 17.0 Å². The Labute approximate surface area is 159 Å². The van der Waals surface area contributed by atoms with Crippen LogP contribution in [0.4, 0.5) is 5.82 Å². The largest absolute Gasteiger partial charge is 0.496 e. The van der Waals surface area contributed by atoms with Crippen molar-refractivity contribution in [2.75, 3.05) is 25.6 Å². The molecule has 4 rings (SSSR count). The van der Waals surface area contributed by atoms with Crippen LogP contribution in [0.3, 0.4) is 0 Å². The average molecular weight is 366 g/mol. The van der Waals surface area contributed by atoms with Gasteiger partial charge in [0.1, 0.15) is 11.6 Å². The summed E-state index contributed by atoms with van der Waals surface area (Å²) in [6.45, 7) is 5.98. The Kier molecular flexibility index (Phi) is 4.99. The van der Waals surface area contributed by atoms with Crippen molar-refractivity contribution in [3.63, 3.8) is 0 Å². The van der Waals surface area contributed by atoms with Crippen LogP contribution in [0, 0.1) is 0 Å². The molecule has 0 aliphatic carbocycles. The predicted octanol–water partition coefficient (Wildman–Crippen LogP) is 4.12. The van der Waals surface area contributed by atoms with Gasteiger partial charge in [-0.1, -0.05) is 19.9 Å². The Morgan fingerprint density at radius 3 is 2.74 bits per heavy atom. The normalized spacial score (nSPS) is 15.4. The number of benzene rings is 1. The number of aromatic nitrogens is 3. The van der Waals surface area contributed by atoms with Crippen LogP contribution in [-0.4, -0.2) is 41.0 Å². The Hall–Kier alpha value is -2.60. The van der Waals surface area contributed by atoms with Gasteiger partial charge in [-0.3, -0.25) is 0 Å². The van der Waals surface area contributed by atoms with Crippen LogP contribution < -0.4 is 10.1 Å². The summed E-state index contributed by atoms with van der Waals surface area (Å²) in [5, 5.41) is 8.33. The van der Waals surface area contributed by atoms with Gasteiger partial charge in [-0.2, -0.15) is 0 Å². The summed E-state index contributed by atoms with van der Waals surface area (Å²) in [5.41, 5.74) is 4.02. The van der Waals surface area contributed by atoms with Gasteiger partial charge in [0.05, 0.1) is 19.0 Å². The van der Waals surface area contributed by atoms with Crippen molar-refractivity contribution >= 4 is 11.5 Å². The molecule has 0 spiro atoms. The van der Waals surface area contributed by atoms with Gasteiger partial charge in [0.2, 0.25) is 0 Å². The molecule has 1 aliphatic rings. The molecule has 6 nitrogen and oxygen atoms in total. The fourth-order valence-electron chi connectivity index (χ4n) is 3.47. The minimum Gasteiger partial charge on any atom is -0.496 e. The quantitative estimate of drug-likeness (QED) is 0.736. The van der Waals surface area contributed by atoms with Crippen LogP contribution in [-0.2, 0) is 4.74 Å². The van der Waals surface area contributed by atoms with Gasteiger partial charge in [0.15, 0.2) is 5.65 Å². The van der Waals surface area contributed by atoms with Gasteiger partial charge in [-0.15, -0.1) is 5.10 Å². The van der Waals surface area contributed by atoms with E-state index in [2.05, 4.69) is 36.3 Å². The number of nitrogens with zero attached hydrogens (tertiary/aromatic N) is 3. The highest BCUT2D eigenvalue weighted by atomic mass is 16.5. The maximum absolute atomic E-state index is 5.61. The van der Waals surface area contributed by atoms with Crippen molar-refractivity contribution in [1.82, 2.24) is 14.6 Å². The third-order valence-electron chi connectivity index (χ3n) is 5.10. The number of methoxy groups -OCH3 is 1. The minimum atomic E-state index is 0.398. The molecule has 0 radical (unpaired) electrons. The first kappa shape index (κ1) is 17.8. The van der Waals surface area contributed by atoms with Crippen LogP contribution in [0.1, 0.15) is 38.2 Å². The van der Waals surface area contributed by atoms with Gasteiger partial charge in [0.25, 0.3) is 0 Å². The number of imidazole rings is 1. The SMILES string of the molecule is COc1ccc(C(C)C)cc1-c1cnc2ccc(NC3CCOCC3)nn12. The van der Waals surface area contributed by atoms with E-state index in [1.165, 1.54) is 5.56 Å². The zero-order valence-electron chi connectivity index (χ0n) is 16.1. The first-order valence-corrected chi connectivity index (χ1v) is 9.53. The molecule has 2 aromatic heterocycles. The van der Waals surface area contributed by atoms with E-state index >= 15 is 0 Å². The molecule has 1 saturated heterocycles. The van der Waals surface area contributed by atoms with Gasteiger partial charge < -0.3 is 14.8 Å². The molecule has 3 heterocycles. The molecular weight excluding hydrogens is 340 g/mol. The van der Waals surface area contributed by atoms with Crippen molar-refractivity contribution in [3.05, 3.63) is 42.1 Å². The second-order valence-electron chi connectivity index (χ2n) is 7.28. The Balaban J connectivity index is 1.73. The lowest BCUT2D eigenvalue weighted by Gasteiger charge is -2.23. The summed E-state index contributed by atoms with van der Waals surface area (Å²) >= 11 is 0. The van der Waals surface area contributed by atoms with E-state index in [4.69, 9.17) is 14.6 Å². The number of nitrogens with one attached hydrogen (secondary N) is 1. The lowest BCUT2D eigenvalue weighted by molar-refractivity contribution is 0.0903. The number of ether oxygens (including phenoxy) is 2. The number of rotatable bonds is 5. The molecule has 0 amide bonds. The number of hydrogen-bond donors (Lipinski definition) is 1. The highest BCUT2D eigenvalue weighted by Crippen LogP contribution is 2.33. The van der Waals surface area contributed by atoms with Crippen molar-refractivity contribution in [2.45, 2.75) is 38.6 Å². The molecule has 6 heteroatoms. The van der Waals surface area contributed by atoms with Crippen molar-refractivity contribution < 1.29 is 9.47 Å². The Bertz CT molecular complexity index is 929. The molecule has 1 fully saturated rings. The summed E-state index contributed by atoms with van der Waals surface area (Å²) in [6.07, 6.45) is 3.87. The smallest absolute Gasteiger partial charge is 0.154 e. The number of anilines is 1. The van der Waals surface area contributed by atoms with Crippen molar-refractivity contribution in [2.24, 2.45) is 0 Å². The topological polar surface area (TPSA) is 60.7 Å². The number of hydrogen-bond acceptors (Lipinski definition) is 5. The standard InChI is InChI=1S/C21H26N4O2/c1-14(2)15-4-5-19(26-3)17(12-15)18-13-22-21-7-6-20(24-25(18)21)23-16-8-10-27-11-9-16/h4-7,12-14,16H,8-11H2,1-3H3,(H,23,24). The van der Waals surface area contributed by atoms with E-state index in [0.717, 1.165) is 54.5 Å². The summed E-state index contributed by atoms with van der Waals surface area (Å²) in [4.78, 5) is 4.53. The lowest BCUT2D eigenvalue weighted by Crippen LogP contribution is -2.28. The maximum Gasteiger partial charge on any atom is 0.154 e. The van der Waals surface area contributed by atoms with E-state index in [1.807, 2.05) is 28.9 Å². The molecule has 142 valence electrons. The second kappa shape index (κ2) is 7.56. The summed E-state index contributed by atoms with van der Waals surface area (Å²) < 4.78 is 12.9. The molecule has 1 N–H and O–H groups in total. The molecule has 1 aliphatic heterocycles. The third-order valence-corrected chi connectivity index (χ3v) is 5.10. The summed E-state index contributed by atoms with van der Waals surface area (Å²) in [6, 6.07) is 10.7. The molecule has 0 unspecified atom stereocenters. The molecule has 1 aromatic carbocycles. The third kappa shape index (κ3) is 3.62. The van der Waals surface area contributed by atoms with Crippen LogP contribution >= 0.6 is 0 Å². The van der Waals surface area contributed by atoms with E-state index < -0.39 is 0 Å². The first-order valence-electron chi connectivity index (χ1n) is 9.53. The van der Waals surface area contributed by atoms with Crippen LogP contribution in [0.2, 0.25) is 0 Å². The first-order chi connectivity index (χ1) is 13.2. The van der Waals surface area contributed by atoms with Crippen LogP contribution in [0.15, 0.2) is 36.5 Å². The van der Waals surface area contributed by atoms with Crippen molar-refractivity contribution in [1.29, 1.82) is 0 Å². The molecule has 0 atom stereocenters. The Morgan fingerprint density at radius 2 is 2.00 bits per heavy atom. The van der Waals surface area contributed by atoms with E-state index in [1.54, 1.807) is 7.11 Å². The van der Waals surface area contributed by atoms with Gasteiger partial charge in [-0.25, -0.2) is 9.50 Å². The second-order valence-corrected chi connectivity index (χ2v) is 7.28. The van der Waals surface area contributed by atoms with Gasteiger partial charge >= 0.3 is 0 Å². The van der Waals surface area contributed by atoms with Crippen LogP contribution in [0.5, 0.6) is 5.75 Å². The monoisotopic (exact) mass is 366 g/mol. The van der Waals surface area contributed by atoms with E-state index in [9.17, 15) is 0 Å². The minimum absolute atomic E-state index is 0.398. The summed E-state index contributed by atoms with van der Waals surface area (Å²) in [7, 11) is 1.70. The van der Waals surface area contributed by atoms with E-state index in [-0.39, 0.29) is 0 Å². The average Bonchev–Trinajstić information content (AvgIpc) is 3.11. The molecule has 3 aromatic rings. The number of fused-ring (bicyclic) bond motifs is 1. The fraction of sp³-hybridized carbons (Fsp3) is 0.429. The zero-order chi connectivity index (χ0) is 18.8. The molecule has 0 saturated carbocycles. The maximum atomic E-state index is 5.61. The van der Waals surface area contributed by atoms with Gasteiger partial charge in [0, 0.05) is 24.8 Å². The highest BCUT2D eigenvalue weighted by molar-refractivity contribution is 5.71. The fourth-order valence-corrected chi connectivity index (χ4v) is 3.47.